The zero-order valence-electron chi connectivity index (χ0n) is 13.3. The minimum Gasteiger partial charge on any atom is -0.344 e. The average Bonchev–Trinajstić information content (AvgIpc) is 3.08. The zero-order chi connectivity index (χ0) is 17.8. The van der Waals surface area contributed by atoms with Crippen LogP contribution < -0.4 is 0 Å². The van der Waals surface area contributed by atoms with Crippen molar-refractivity contribution in [3.05, 3.63) is 22.4 Å². The molecule has 0 aliphatic carbocycles. The average molecular weight is 400 g/mol. The van der Waals surface area contributed by atoms with E-state index in [0.29, 0.717) is 6.42 Å². The Balaban J connectivity index is 1.92. The number of hydrogen-bond acceptors (Lipinski definition) is 9. The van der Waals surface area contributed by atoms with Gasteiger partial charge in [-0.05, 0) is 28.8 Å². The van der Waals surface area contributed by atoms with Gasteiger partial charge in [0.15, 0.2) is 6.29 Å². The molecule has 0 saturated carbocycles. The second kappa shape index (κ2) is 8.21. The minimum atomic E-state index is -3.64. The molecule has 1 aromatic heterocycles. The van der Waals surface area contributed by atoms with Gasteiger partial charge in [0.25, 0.3) is 20.2 Å². The van der Waals surface area contributed by atoms with Gasteiger partial charge in [-0.3, -0.25) is 8.37 Å². The molecule has 1 saturated heterocycles. The zero-order valence-corrected chi connectivity index (χ0v) is 15.7. The summed E-state index contributed by atoms with van der Waals surface area (Å²) in [5, 5.41) is 3.99. The lowest BCUT2D eigenvalue weighted by atomic mass is 10.2. The number of hydrogen-bond donors (Lipinski definition) is 0. The molecular weight excluding hydrogens is 380 g/mol. The Morgan fingerprint density at radius 2 is 1.58 bits per heavy atom. The fourth-order valence-electron chi connectivity index (χ4n) is 2.13. The maximum atomic E-state index is 11.1. The highest BCUT2D eigenvalue weighted by molar-refractivity contribution is 7.86. The largest absolute Gasteiger partial charge is 0.344 e. The van der Waals surface area contributed by atoms with E-state index in [4.69, 9.17) is 17.8 Å². The molecule has 0 aromatic carbocycles. The van der Waals surface area contributed by atoms with E-state index in [-0.39, 0.29) is 13.2 Å². The van der Waals surface area contributed by atoms with Crippen LogP contribution in [0, 0.1) is 0 Å². The van der Waals surface area contributed by atoms with E-state index in [1.54, 1.807) is 11.3 Å². The van der Waals surface area contributed by atoms with Crippen LogP contribution in [0.3, 0.4) is 0 Å². The second-order valence-corrected chi connectivity index (χ2v) is 9.49. The third kappa shape index (κ3) is 7.13. The van der Waals surface area contributed by atoms with E-state index < -0.39 is 38.7 Å². The van der Waals surface area contributed by atoms with Gasteiger partial charge in [0.1, 0.15) is 12.2 Å². The Hall–Kier alpha value is -0.560. The maximum Gasteiger partial charge on any atom is 0.264 e. The molecule has 1 aliphatic rings. The molecule has 0 amide bonds. The summed E-state index contributed by atoms with van der Waals surface area (Å²) in [7, 11) is -7.27. The Kier molecular flexibility index (Phi) is 6.76. The molecule has 0 bridgehead atoms. The quantitative estimate of drug-likeness (QED) is 0.559. The Morgan fingerprint density at radius 1 is 1.04 bits per heavy atom. The van der Waals surface area contributed by atoms with Gasteiger partial charge in [-0.2, -0.15) is 28.2 Å². The third-order valence-corrected chi connectivity index (χ3v) is 5.07. The fourth-order valence-corrected chi connectivity index (χ4v) is 3.59. The molecule has 0 unspecified atom stereocenters. The van der Waals surface area contributed by atoms with Crippen LogP contribution >= 0.6 is 11.3 Å². The second-order valence-electron chi connectivity index (χ2n) is 5.43. The van der Waals surface area contributed by atoms with E-state index in [1.807, 2.05) is 16.8 Å². The van der Waals surface area contributed by atoms with Gasteiger partial charge in [-0.25, -0.2) is 0 Å². The molecule has 0 radical (unpaired) electrons. The first-order chi connectivity index (χ1) is 11.1. The lowest BCUT2D eigenvalue weighted by Crippen LogP contribution is -2.33. The standard InChI is InChI=1S/C13H20O8S3/c1-23(14,15)18-7-11-12(8-19-24(2,16)17)21-13(20-11)4-3-10-5-6-22-9-10/h5-6,9,11-13H,3-4,7-8H2,1-2H3/t11-,12-/m0/s1. The van der Waals surface area contributed by atoms with E-state index in [2.05, 4.69) is 0 Å². The molecule has 8 nitrogen and oxygen atoms in total. The summed E-state index contributed by atoms with van der Waals surface area (Å²) in [5.74, 6) is 0. The topological polar surface area (TPSA) is 105 Å². The van der Waals surface area contributed by atoms with Crippen LogP contribution in [-0.2, 0) is 44.5 Å². The minimum absolute atomic E-state index is 0.258. The molecule has 0 N–H and O–H groups in total. The number of thiophene rings is 1. The summed E-state index contributed by atoms with van der Waals surface area (Å²) in [6.07, 6.45) is 1.11. The first-order valence-corrected chi connectivity index (χ1v) is 11.7. The van der Waals surface area contributed by atoms with Gasteiger partial charge in [-0.15, -0.1) is 0 Å². The third-order valence-electron chi connectivity index (χ3n) is 3.21. The molecule has 24 heavy (non-hydrogen) atoms. The Labute approximate surface area is 145 Å². The van der Waals surface area contributed by atoms with E-state index in [0.717, 1.165) is 24.5 Å². The first kappa shape index (κ1) is 19.8. The summed E-state index contributed by atoms with van der Waals surface area (Å²) in [6, 6.07) is 1.99. The summed E-state index contributed by atoms with van der Waals surface area (Å²) in [4.78, 5) is 0. The van der Waals surface area contributed by atoms with Crippen LogP contribution in [-0.4, -0.2) is 61.1 Å². The van der Waals surface area contributed by atoms with Crippen molar-refractivity contribution in [3.63, 3.8) is 0 Å². The number of aryl methyl sites for hydroxylation is 1. The maximum absolute atomic E-state index is 11.1. The summed E-state index contributed by atoms with van der Waals surface area (Å²) < 4.78 is 65.3. The molecule has 2 heterocycles. The molecule has 11 heteroatoms. The highest BCUT2D eigenvalue weighted by Gasteiger charge is 2.37. The molecule has 138 valence electrons. The predicted molar refractivity (Wildman–Crippen MR) is 87.8 cm³/mol. The van der Waals surface area contributed by atoms with E-state index >= 15 is 0 Å². The SMILES string of the molecule is CS(=O)(=O)OC[C@@H]1OC(CCc2ccsc2)O[C@H]1COS(C)(=O)=O. The predicted octanol–water partition coefficient (Wildman–Crippen LogP) is 0.743. The molecule has 1 aliphatic heterocycles. The van der Waals surface area contributed by atoms with E-state index in [1.165, 1.54) is 0 Å². The lowest BCUT2D eigenvalue weighted by Gasteiger charge is -2.15. The van der Waals surface area contributed by atoms with Gasteiger partial charge in [-0.1, -0.05) is 0 Å². The van der Waals surface area contributed by atoms with Gasteiger partial charge < -0.3 is 9.47 Å². The molecule has 2 rings (SSSR count). The van der Waals surface area contributed by atoms with Crippen LogP contribution in [0.15, 0.2) is 16.8 Å². The van der Waals surface area contributed by atoms with Crippen LogP contribution in [0.4, 0.5) is 0 Å². The highest BCUT2D eigenvalue weighted by Crippen LogP contribution is 2.24. The number of rotatable bonds is 9. The normalized spacial score (nSPS) is 22.9. The summed E-state index contributed by atoms with van der Waals surface area (Å²) in [6.45, 7) is -0.517. The van der Waals surface area contributed by atoms with E-state index in [9.17, 15) is 16.8 Å². The van der Waals surface area contributed by atoms with Crippen molar-refractivity contribution in [1.82, 2.24) is 0 Å². The van der Waals surface area contributed by atoms with Gasteiger partial charge >= 0.3 is 0 Å². The van der Waals surface area contributed by atoms with Crippen LogP contribution in [0.25, 0.3) is 0 Å². The smallest absolute Gasteiger partial charge is 0.264 e. The van der Waals surface area contributed by atoms with Crippen molar-refractivity contribution >= 4 is 31.6 Å². The first-order valence-electron chi connectivity index (χ1n) is 7.13. The van der Waals surface area contributed by atoms with Crippen LogP contribution in [0.1, 0.15) is 12.0 Å². The summed E-state index contributed by atoms with van der Waals surface area (Å²) in [5.41, 5.74) is 1.15. The van der Waals surface area contributed by atoms with Gasteiger partial charge in [0.2, 0.25) is 0 Å². The van der Waals surface area contributed by atoms with Crippen molar-refractivity contribution in [3.8, 4) is 0 Å². The van der Waals surface area contributed by atoms with Gasteiger partial charge in [0, 0.05) is 6.42 Å². The highest BCUT2D eigenvalue weighted by atomic mass is 32.2. The Morgan fingerprint density at radius 3 is 2.00 bits per heavy atom. The molecule has 2 atom stereocenters. The van der Waals surface area contributed by atoms with Crippen LogP contribution in [0.5, 0.6) is 0 Å². The van der Waals surface area contributed by atoms with Crippen molar-refractivity contribution in [2.24, 2.45) is 0 Å². The van der Waals surface area contributed by atoms with Gasteiger partial charge in [0.05, 0.1) is 25.7 Å². The van der Waals surface area contributed by atoms with Crippen LogP contribution in [0.2, 0.25) is 0 Å². The molecular formula is C13H20O8S3. The van der Waals surface area contributed by atoms with Crippen molar-refractivity contribution in [2.45, 2.75) is 31.3 Å². The molecule has 1 aromatic rings. The summed E-state index contributed by atoms with van der Waals surface area (Å²) >= 11 is 1.59. The fraction of sp³-hybridized carbons (Fsp3) is 0.692. The Bertz CT molecular complexity index is 666. The molecule has 1 fully saturated rings. The molecule has 0 spiro atoms. The monoisotopic (exact) mass is 400 g/mol. The van der Waals surface area contributed by atoms with Crippen molar-refractivity contribution < 1.29 is 34.7 Å². The van der Waals surface area contributed by atoms with Crippen molar-refractivity contribution in [2.75, 3.05) is 25.7 Å². The number of ether oxygens (including phenoxy) is 2. The van der Waals surface area contributed by atoms with Crippen molar-refractivity contribution in [1.29, 1.82) is 0 Å². The lowest BCUT2D eigenvalue weighted by molar-refractivity contribution is -0.0758.